The number of imide groups is 1. The number of aromatic nitrogens is 6. The number of halogens is 1. The van der Waals surface area contributed by atoms with Crippen LogP contribution in [0.2, 0.25) is 5.02 Å². The number of piperidine rings is 1. The number of rotatable bonds is 9. The summed E-state index contributed by atoms with van der Waals surface area (Å²) in [6.45, 7) is 8.49. The summed E-state index contributed by atoms with van der Waals surface area (Å²) in [4.78, 5) is 50.5. The Morgan fingerprint density at radius 1 is 1.02 bits per heavy atom. The zero-order chi connectivity index (χ0) is 37.7. The van der Waals surface area contributed by atoms with Gasteiger partial charge in [-0.05, 0) is 61.0 Å². The maximum absolute atomic E-state index is 13.4. The van der Waals surface area contributed by atoms with Gasteiger partial charge in [0.1, 0.15) is 35.2 Å². The molecule has 15 nitrogen and oxygen atoms in total. The first-order valence-corrected chi connectivity index (χ1v) is 17.3. The SMILES string of the molecule is CC1(C)C(NC(=O)c2ccc(-n3cc(CNc4ccc5nnn(C6CCC(=O)NC6=O)c(=O)c5c4)nn3)cc2)C(C)(C)C1Oc1ccc(C#N)c(Cl)c1. The van der Waals surface area contributed by atoms with E-state index < -0.39 is 28.3 Å². The molecule has 3 N–H and O–H groups in total. The lowest BCUT2D eigenvalue weighted by molar-refractivity contribution is -0.164. The van der Waals surface area contributed by atoms with E-state index >= 15 is 0 Å². The van der Waals surface area contributed by atoms with Crippen LogP contribution in [0.4, 0.5) is 5.69 Å². The van der Waals surface area contributed by atoms with Gasteiger partial charge in [0.25, 0.3) is 17.4 Å². The van der Waals surface area contributed by atoms with Crippen molar-refractivity contribution < 1.29 is 19.1 Å². The Balaban J connectivity index is 0.974. The monoisotopic (exact) mass is 734 g/mol. The fraction of sp³-hybridized carbons (Fsp3) is 0.324. The molecule has 2 fully saturated rings. The van der Waals surface area contributed by atoms with E-state index in [0.29, 0.717) is 51.0 Å². The molecule has 3 aromatic carbocycles. The standard InChI is InChI=1S/C37H35ClN10O5/c1-36(2)34(37(3,4)35(36)53-25-11-7-21(17-39)27(38)16-25)42-31(50)20-5-9-24(10-6-20)47-19-23(43-45-47)18-40-22-8-12-28-26(15-22)33(52)48(46-44-28)29-13-14-30(49)41-32(29)51/h5-12,15-16,19,29,34-35,40H,13-14,18H2,1-4H3,(H,42,50)(H,41,49,51). The third kappa shape index (κ3) is 6.57. The van der Waals surface area contributed by atoms with Crippen LogP contribution in [0, 0.1) is 22.2 Å². The van der Waals surface area contributed by atoms with E-state index in [1.165, 1.54) is 0 Å². The molecule has 1 saturated carbocycles. The number of carbonyl (C=O) groups is 3. The molecule has 2 aliphatic rings. The summed E-state index contributed by atoms with van der Waals surface area (Å²) in [7, 11) is 0. The molecule has 0 bridgehead atoms. The third-order valence-corrected chi connectivity index (χ3v) is 10.3. The topological polar surface area (TPSA) is 199 Å². The summed E-state index contributed by atoms with van der Waals surface area (Å²) in [6.07, 6.45) is 1.81. The molecule has 1 aliphatic heterocycles. The number of ether oxygens (including phenoxy) is 1. The first-order chi connectivity index (χ1) is 25.3. The molecule has 53 heavy (non-hydrogen) atoms. The van der Waals surface area contributed by atoms with Crippen molar-refractivity contribution >= 4 is 45.9 Å². The van der Waals surface area contributed by atoms with Gasteiger partial charge in [0.2, 0.25) is 5.91 Å². The summed E-state index contributed by atoms with van der Waals surface area (Å²) in [6, 6.07) is 18.0. The minimum Gasteiger partial charge on any atom is -0.489 e. The van der Waals surface area contributed by atoms with Crippen molar-refractivity contribution in [1.82, 2.24) is 40.6 Å². The molecule has 0 spiro atoms. The van der Waals surface area contributed by atoms with Crippen LogP contribution < -0.4 is 26.2 Å². The van der Waals surface area contributed by atoms with E-state index in [-0.39, 0.29) is 42.2 Å². The number of benzene rings is 3. The molecular formula is C37H35ClN10O5. The summed E-state index contributed by atoms with van der Waals surface area (Å²) >= 11 is 6.22. The van der Waals surface area contributed by atoms with Crippen LogP contribution in [0.25, 0.3) is 16.6 Å². The first-order valence-electron chi connectivity index (χ1n) is 16.9. The van der Waals surface area contributed by atoms with Gasteiger partial charge in [-0.3, -0.25) is 24.5 Å². The second-order valence-electron chi connectivity index (χ2n) is 14.4. The van der Waals surface area contributed by atoms with E-state index in [1.807, 2.05) is 33.8 Å². The van der Waals surface area contributed by atoms with E-state index in [4.69, 9.17) is 16.3 Å². The van der Waals surface area contributed by atoms with E-state index in [0.717, 1.165) is 4.68 Å². The van der Waals surface area contributed by atoms with Crippen LogP contribution in [-0.2, 0) is 16.1 Å². The normalized spacial score (nSPS) is 20.2. The lowest BCUT2D eigenvalue weighted by Gasteiger charge is -2.63. The molecular weight excluding hydrogens is 700 g/mol. The number of amides is 3. The van der Waals surface area contributed by atoms with Crippen LogP contribution in [0.5, 0.6) is 5.75 Å². The zero-order valence-corrected chi connectivity index (χ0v) is 30.0. The van der Waals surface area contributed by atoms with Crippen molar-refractivity contribution in [1.29, 1.82) is 5.26 Å². The molecule has 3 heterocycles. The Morgan fingerprint density at radius 2 is 1.77 bits per heavy atom. The van der Waals surface area contributed by atoms with Crippen LogP contribution >= 0.6 is 11.6 Å². The third-order valence-electron chi connectivity index (χ3n) is 10.0. The second-order valence-corrected chi connectivity index (χ2v) is 14.8. The van der Waals surface area contributed by atoms with Gasteiger partial charge in [0.05, 0.1) is 34.4 Å². The predicted molar refractivity (Wildman–Crippen MR) is 193 cm³/mol. The average Bonchev–Trinajstić information content (AvgIpc) is 3.61. The number of carbonyl (C=O) groups excluding carboxylic acids is 3. The molecule has 16 heteroatoms. The molecule has 1 atom stereocenters. The number of nitrogens with zero attached hydrogens (tertiary/aromatic N) is 7. The number of nitriles is 1. The highest BCUT2D eigenvalue weighted by Gasteiger charge is 2.64. The Morgan fingerprint density at radius 3 is 2.47 bits per heavy atom. The largest absolute Gasteiger partial charge is 0.489 e. The molecule has 1 unspecified atom stereocenters. The highest BCUT2D eigenvalue weighted by molar-refractivity contribution is 6.31. The van der Waals surface area contributed by atoms with Crippen LogP contribution in [0.15, 0.2) is 71.7 Å². The number of nitrogens with one attached hydrogen (secondary N) is 3. The Labute approximate surface area is 308 Å². The fourth-order valence-corrected chi connectivity index (χ4v) is 7.77. The Kier molecular flexibility index (Phi) is 8.95. The number of fused-ring (bicyclic) bond motifs is 1. The molecule has 1 aliphatic carbocycles. The van der Waals surface area contributed by atoms with Gasteiger partial charge in [-0.25, -0.2) is 4.68 Å². The molecule has 7 rings (SSSR count). The first kappa shape index (κ1) is 35.3. The smallest absolute Gasteiger partial charge is 0.278 e. The van der Waals surface area contributed by atoms with Gasteiger partial charge >= 0.3 is 0 Å². The fourth-order valence-electron chi connectivity index (χ4n) is 7.56. The highest BCUT2D eigenvalue weighted by Crippen LogP contribution is 2.55. The Bertz CT molecular complexity index is 2360. The number of hydrogen-bond donors (Lipinski definition) is 3. The zero-order valence-electron chi connectivity index (χ0n) is 29.3. The van der Waals surface area contributed by atoms with Gasteiger partial charge in [-0.1, -0.05) is 49.7 Å². The molecule has 0 radical (unpaired) electrons. The lowest BCUT2D eigenvalue weighted by Crippen LogP contribution is -2.74. The van der Waals surface area contributed by atoms with Crippen molar-refractivity contribution in [3.8, 4) is 17.5 Å². The van der Waals surface area contributed by atoms with Gasteiger partial charge in [0, 0.05) is 40.6 Å². The lowest BCUT2D eigenvalue weighted by atomic mass is 9.49. The summed E-state index contributed by atoms with van der Waals surface area (Å²) in [5.41, 5.74) is 1.90. The second kappa shape index (κ2) is 13.4. The molecule has 5 aromatic rings. The van der Waals surface area contributed by atoms with Crippen molar-refractivity contribution in [2.24, 2.45) is 10.8 Å². The van der Waals surface area contributed by atoms with Gasteiger partial charge < -0.3 is 15.4 Å². The summed E-state index contributed by atoms with van der Waals surface area (Å²) in [5.74, 6) is -0.612. The van der Waals surface area contributed by atoms with Crippen LogP contribution in [0.1, 0.15) is 68.2 Å². The molecule has 3 amide bonds. The van der Waals surface area contributed by atoms with Crippen molar-refractivity contribution in [2.45, 2.75) is 65.3 Å². The number of hydrogen-bond acceptors (Lipinski definition) is 11. The quantitative estimate of drug-likeness (QED) is 0.184. The van der Waals surface area contributed by atoms with Gasteiger partial charge in [-0.15, -0.1) is 10.2 Å². The number of anilines is 1. The predicted octanol–water partition coefficient (Wildman–Crippen LogP) is 4.10. The average molecular weight is 735 g/mol. The highest BCUT2D eigenvalue weighted by atomic mass is 35.5. The summed E-state index contributed by atoms with van der Waals surface area (Å²) < 4.78 is 8.96. The van der Waals surface area contributed by atoms with E-state index in [9.17, 15) is 24.4 Å². The minimum atomic E-state index is -0.912. The molecule has 1 saturated heterocycles. The van der Waals surface area contributed by atoms with Gasteiger partial charge in [0.15, 0.2) is 0 Å². The maximum Gasteiger partial charge on any atom is 0.278 e. The van der Waals surface area contributed by atoms with Crippen molar-refractivity contribution in [3.63, 3.8) is 0 Å². The Hall–Kier alpha value is -6.14. The van der Waals surface area contributed by atoms with Crippen molar-refractivity contribution in [2.75, 3.05) is 5.32 Å². The van der Waals surface area contributed by atoms with Crippen LogP contribution in [0.3, 0.4) is 0 Å². The van der Waals surface area contributed by atoms with Crippen LogP contribution in [-0.4, -0.2) is 59.9 Å². The molecule has 270 valence electrons. The van der Waals surface area contributed by atoms with Crippen molar-refractivity contribution in [3.05, 3.63) is 99.1 Å². The van der Waals surface area contributed by atoms with E-state index in [1.54, 1.807) is 71.5 Å². The minimum absolute atomic E-state index is 0.110. The maximum atomic E-state index is 13.4. The van der Waals surface area contributed by atoms with Gasteiger partial charge in [-0.2, -0.15) is 9.94 Å². The van der Waals surface area contributed by atoms with E-state index in [2.05, 4.69) is 36.6 Å². The molecule has 2 aromatic heterocycles. The summed E-state index contributed by atoms with van der Waals surface area (Å²) in [5, 5.41) is 35.0.